The average Bonchev–Trinajstić information content (AvgIpc) is 2.99. The van der Waals surface area contributed by atoms with Gasteiger partial charge in [-0.15, -0.1) is 6.58 Å². The van der Waals surface area contributed by atoms with Crippen molar-refractivity contribution in [3.8, 4) is 0 Å². The number of carbonyl (C=O) groups is 2. The van der Waals surface area contributed by atoms with Crippen molar-refractivity contribution in [1.82, 2.24) is 15.6 Å². The first-order valence-corrected chi connectivity index (χ1v) is 8.37. The molecule has 0 unspecified atom stereocenters. The number of methoxy groups -OCH3 is 1. The van der Waals surface area contributed by atoms with Crippen molar-refractivity contribution < 1.29 is 14.3 Å². The van der Waals surface area contributed by atoms with E-state index in [1.165, 1.54) is 14.0 Å². The van der Waals surface area contributed by atoms with E-state index in [4.69, 9.17) is 4.74 Å². The van der Waals surface area contributed by atoms with E-state index in [0.717, 1.165) is 22.2 Å². The number of para-hydroxylation sites is 1. The highest BCUT2D eigenvalue weighted by Crippen LogP contribution is 2.34. The van der Waals surface area contributed by atoms with Crippen LogP contribution in [0.3, 0.4) is 0 Å². The number of aromatic nitrogens is 1. The fourth-order valence-electron chi connectivity index (χ4n) is 2.95. The van der Waals surface area contributed by atoms with Gasteiger partial charge in [-0.05, 0) is 19.1 Å². The van der Waals surface area contributed by atoms with Crippen LogP contribution in [-0.4, -0.2) is 29.6 Å². The van der Waals surface area contributed by atoms with Gasteiger partial charge in [0.2, 0.25) is 5.72 Å². The monoisotopic (exact) mass is 353 g/mol. The lowest BCUT2D eigenvalue weighted by Gasteiger charge is -2.33. The van der Waals surface area contributed by atoms with E-state index in [9.17, 15) is 9.59 Å². The lowest BCUT2D eigenvalue weighted by atomic mass is 9.86. The number of benzene rings is 1. The molecule has 0 spiro atoms. The maximum Gasteiger partial charge on any atom is 0.277 e. The molecule has 26 heavy (non-hydrogen) atoms. The quantitative estimate of drug-likeness (QED) is 0.583. The van der Waals surface area contributed by atoms with Gasteiger partial charge in [0, 0.05) is 34.7 Å². The van der Waals surface area contributed by atoms with E-state index >= 15 is 0 Å². The fraction of sp³-hybridized carbons (Fsp3) is 0.300. The zero-order valence-electron chi connectivity index (χ0n) is 15.4. The van der Waals surface area contributed by atoms with Crippen molar-refractivity contribution in [2.45, 2.75) is 31.9 Å². The third-order valence-corrected chi connectivity index (χ3v) is 4.88. The van der Waals surface area contributed by atoms with E-state index in [0.29, 0.717) is 0 Å². The minimum absolute atomic E-state index is 0.176. The van der Waals surface area contributed by atoms with Crippen LogP contribution in [0.5, 0.6) is 0 Å². The van der Waals surface area contributed by atoms with Crippen LogP contribution in [0.1, 0.15) is 32.0 Å². The molecule has 1 atom stereocenters. The molecule has 0 radical (unpaired) electrons. The number of hydrogen-bond donors (Lipinski definition) is 3. The fourth-order valence-corrected chi connectivity index (χ4v) is 2.95. The highest BCUT2D eigenvalue weighted by molar-refractivity contribution is 6.09. The molecular weight excluding hydrogens is 330 g/mol. The van der Waals surface area contributed by atoms with Gasteiger partial charge in [-0.2, -0.15) is 0 Å². The standard InChI is InChI=1S/C20H23N3O3/c1-6-19(2,3)16-13(12-9-7-8-10-14(12)21-16)11-15-17(24)23-20(4,26-5)18(25)22-15/h6-11,21H,1H2,2-5H3,(H,22,25)(H,23,24)/b15-11-/t20-/m1/s1. The van der Waals surface area contributed by atoms with Gasteiger partial charge < -0.3 is 20.4 Å². The van der Waals surface area contributed by atoms with Crippen molar-refractivity contribution in [2.24, 2.45) is 0 Å². The van der Waals surface area contributed by atoms with Gasteiger partial charge in [0.05, 0.1) is 0 Å². The second-order valence-electron chi connectivity index (χ2n) is 7.09. The first-order valence-electron chi connectivity index (χ1n) is 8.37. The lowest BCUT2D eigenvalue weighted by molar-refractivity contribution is -0.153. The van der Waals surface area contributed by atoms with Crippen LogP contribution < -0.4 is 10.6 Å². The number of hydrogen-bond acceptors (Lipinski definition) is 3. The molecule has 0 saturated carbocycles. The molecule has 1 aromatic heterocycles. The second kappa shape index (κ2) is 6.14. The number of rotatable bonds is 4. The van der Waals surface area contributed by atoms with Crippen molar-refractivity contribution in [3.05, 3.63) is 53.9 Å². The minimum atomic E-state index is -1.38. The number of allylic oxidation sites excluding steroid dienone is 1. The van der Waals surface area contributed by atoms with Crippen molar-refractivity contribution in [2.75, 3.05) is 7.11 Å². The van der Waals surface area contributed by atoms with Gasteiger partial charge in [0.15, 0.2) is 0 Å². The normalized spacial score (nSPS) is 22.4. The number of fused-ring (bicyclic) bond motifs is 1. The zero-order chi connectivity index (χ0) is 19.1. The summed E-state index contributed by atoms with van der Waals surface area (Å²) in [5, 5.41) is 6.22. The summed E-state index contributed by atoms with van der Waals surface area (Å²) >= 11 is 0. The first-order chi connectivity index (χ1) is 12.2. The highest BCUT2D eigenvalue weighted by atomic mass is 16.5. The molecule has 1 saturated heterocycles. The Morgan fingerprint density at radius 2 is 1.92 bits per heavy atom. The Balaban J connectivity index is 2.15. The maximum atomic E-state index is 12.5. The predicted octanol–water partition coefficient (Wildman–Crippen LogP) is 2.58. The third kappa shape index (κ3) is 2.82. The molecule has 0 aliphatic carbocycles. The number of amides is 2. The third-order valence-electron chi connectivity index (χ3n) is 4.88. The molecule has 1 aliphatic rings. The molecule has 6 nitrogen and oxygen atoms in total. The Hall–Kier alpha value is -2.86. The molecule has 0 bridgehead atoms. The summed E-state index contributed by atoms with van der Waals surface area (Å²) in [6.45, 7) is 9.50. The summed E-state index contributed by atoms with van der Waals surface area (Å²) in [6, 6.07) is 7.83. The summed E-state index contributed by atoms with van der Waals surface area (Å²) in [5.74, 6) is -0.822. The molecule has 2 aromatic rings. The van der Waals surface area contributed by atoms with Gasteiger partial charge in [0.25, 0.3) is 11.8 Å². The SMILES string of the molecule is C=CC(C)(C)c1[nH]c2ccccc2c1/C=C1\NC(=O)[C@@](C)(OC)NC1=O. The molecule has 1 aromatic carbocycles. The lowest BCUT2D eigenvalue weighted by Crippen LogP contribution is -2.63. The summed E-state index contributed by atoms with van der Waals surface area (Å²) in [6.07, 6.45) is 3.54. The number of H-pyrrole nitrogens is 1. The van der Waals surface area contributed by atoms with Gasteiger partial charge in [0.1, 0.15) is 5.70 Å². The molecule has 3 rings (SSSR count). The summed E-state index contributed by atoms with van der Waals surface area (Å²) in [4.78, 5) is 28.2. The van der Waals surface area contributed by atoms with Gasteiger partial charge in [-0.25, -0.2) is 0 Å². The molecular formula is C20H23N3O3. The Morgan fingerprint density at radius 3 is 2.58 bits per heavy atom. The highest BCUT2D eigenvalue weighted by Gasteiger charge is 2.41. The molecule has 2 heterocycles. The Bertz CT molecular complexity index is 939. The zero-order valence-corrected chi connectivity index (χ0v) is 15.4. The number of carbonyl (C=O) groups excluding carboxylic acids is 2. The number of piperazine rings is 1. The average molecular weight is 353 g/mol. The summed E-state index contributed by atoms with van der Waals surface area (Å²) < 4.78 is 5.12. The van der Waals surface area contributed by atoms with Crippen LogP contribution >= 0.6 is 0 Å². The van der Waals surface area contributed by atoms with E-state index in [1.807, 2.05) is 44.2 Å². The van der Waals surface area contributed by atoms with E-state index in [-0.39, 0.29) is 11.1 Å². The first kappa shape index (κ1) is 17.9. The van der Waals surface area contributed by atoms with Crippen LogP contribution in [-0.2, 0) is 19.7 Å². The van der Waals surface area contributed by atoms with Gasteiger partial charge in [-0.3, -0.25) is 9.59 Å². The molecule has 1 aliphatic heterocycles. The number of aromatic amines is 1. The van der Waals surface area contributed by atoms with Gasteiger partial charge >= 0.3 is 0 Å². The number of nitrogens with one attached hydrogen (secondary N) is 3. The second-order valence-corrected chi connectivity index (χ2v) is 7.09. The van der Waals surface area contributed by atoms with Crippen LogP contribution in [0.25, 0.3) is 17.0 Å². The van der Waals surface area contributed by atoms with E-state index in [2.05, 4.69) is 22.2 Å². The topological polar surface area (TPSA) is 83.2 Å². The van der Waals surface area contributed by atoms with Gasteiger partial charge in [-0.1, -0.05) is 38.1 Å². The van der Waals surface area contributed by atoms with Crippen LogP contribution in [0.15, 0.2) is 42.6 Å². The number of ether oxygens (including phenoxy) is 1. The van der Waals surface area contributed by atoms with E-state index < -0.39 is 17.5 Å². The molecule has 2 amide bonds. The van der Waals surface area contributed by atoms with E-state index in [1.54, 1.807) is 6.08 Å². The Morgan fingerprint density at radius 1 is 1.23 bits per heavy atom. The van der Waals surface area contributed by atoms with Crippen molar-refractivity contribution in [3.63, 3.8) is 0 Å². The summed E-state index contributed by atoms with van der Waals surface area (Å²) in [7, 11) is 1.37. The van der Waals surface area contributed by atoms with Crippen molar-refractivity contribution >= 4 is 28.8 Å². The molecule has 1 fully saturated rings. The summed E-state index contributed by atoms with van der Waals surface area (Å²) in [5.41, 5.74) is 1.17. The molecule has 3 N–H and O–H groups in total. The Labute approximate surface area is 152 Å². The molecule has 136 valence electrons. The van der Waals surface area contributed by atoms with Crippen molar-refractivity contribution in [1.29, 1.82) is 0 Å². The smallest absolute Gasteiger partial charge is 0.277 e. The van der Waals surface area contributed by atoms with Crippen LogP contribution in [0.4, 0.5) is 0 Å². The van der Waals surface area contributed by atoms with Crippen LogP contribution in [0, 0.1) is 0 Å². The largest absolute Gasteiger partial charge is 0.357 e. The maximum absolute atomic E-state index is 12.5. The molecule has 6 heteroatoms. The predicted molar refractivity (Wildman–Crippen MR) is 101 cm³/mol. The van der Waals surface area contributed by atoms with Crippen LogP contribution in [0.2, 0.25) is 0 Å². The minimum Gasteiger partial charge on any atom is -0.357 e. The Kier molecular flexibility index (Phi) is 4.24.